The molecule has 108 valence electrons. The first-order chi connectivity index (χ1) is 7.83. The van der Waals surface area contributed by atoms with Crippen molar-refractivity contribution >= 4 is 23.1 Å². The molecule has 0 aromatic carbocycles. The molecule has 0 aliphatic carbocycles. The lowest BCUT2D eigenvalue weighted by atomic mass is 10.3. The number of rotatable bonds is 4. The monoisotopic (exact) mass is 298 g/mol. The van der Waals surface area contributed by atoms with Gasteiger partial charge in [-0.1, -0.05) is 12.2 Å². The van der Waals surface area contributed by atoms with Crippen LogP contribution in [0.25, 0.3) is 0 Å². The number of hydrogen-bond donors (Lipinski definition) is 2. The molecule has 0 spiro atoms. The van der Waals surface area contributed by atoms with Crippen molar-refractivity contribution < 1.29 is 31.1 Å². The molecule has 0 unspecified atom stereocenters. The van der Waals surface area contributed by atoms with Gasteiger partial charge in [0, 0.05) is 19.3 Å². The normalized spacial score (nSPS) is 11.4. The van der Waals surface area contributed by atoms with Crippen molar-refractivity contribution in [2.75, 3.05) is 0 Å². The number of alkyl halides is 6. The Balaban J connectivity index is 0. The quantitative estimate of drug-likeness (QED) is 0.618. The molecule has 0 fully saturated rings. The minimum absolute atomic E-state index is 0.0904. The van der Waals surface area contributed by atoms with Crippen molar-refractivity contribution in [3.63, 3.8) is 0 Å². The fourth-order valence-electron chi connectivity index (χ4n) is 0.530. The zero-order valence-corrected chi connectivity index (χ0v) is 9.88. The maximum atomic E-state index is 11.3. The van der Waals surface area contributed by atoms with Crippen LogP contribution in [0.3, 0.4) is 0 Å². The number of amides is 1. The molecule has 0 radical (unpaired) electrons. The second-order valence-corrected chi connectivity index (χ2v) is 3.69. The molecule has 0 saturated carbocycles. The van der Waals surface area contributed by atoms with E-state index in [-0.39, 0.29) is 11.4 Å². The number of primary amides is 1. The Morgan fingerprint density at radius 1 is 0.889 bits per heavy atom. The van der Waals surface area contributed by atoms with Gasteiger partial charge in [-0.15, -0.1) is 0 Å². The second-order valence-electron chi connectivity index (χ2n) is 3.16. The van der Waals surface area contributed by atoms with Gasteiger partial charge in [0.2, 0.25) is 5.91 Å². The summed E-state index contributed by atoms with van der Waals surface area (Å²) in [6.07, 6.45) is -11.3. The van der Waals surface area contributed by atoms with Crippen LogP contribution in [0.15, 0.2) is 0 Å². The van der Waals surface area contributed by atoms with Gasteiger partial charge in [0.15, 0.2) is 0 Å². The molecule has 0 aromatic rings. The Hall–Kier alpha value is -1.06. The van der Waals surface area contributed by atoms with Crippen LogP contribution in [0.1, 0.15) is 25.7 Å². The third-order valence-electron chi connectivity index (χ3n) is 1.31. The average Bonchev–Trinajstić information content (AvgIpc) is 2.10. The van der Waals surface area contributed by atoms with E-state index < -0.39 is 37.5 Å². The van der Waals surface area contributed by atoms with Crippen molar-refractivity contribution in [2.24, 2.45) is 11.5 Å². The highest BCUT2D eigenvalue weighted by Gasteiger charge is 2.27. The molecule has 3 nitrogen and oxygen atoms in total. The SMILES string of the molecule is NC(=O)CCC(F)(F)F.NC(=S)CCC(F)(F)F. The fraction of sp³-hybridized carbons (Fsp3) is 0.750. The van der Waals surface area contributed by atoms with Gasteiger partial charge >= 0.3 is 12.4 Å². The Kier molecular flexibility index (Phi) is 8.69. The molecule has 0 aliphatic heterocycles. The zero-order chi connectivity index (χ0) is 15.0. The van der Waals surface area contributed by atoms with Crippen LogP contribution in [0.5, 0.6) is 0 Å². The van der Waals surface area contributed by atoms with Crippen LogP contribution < -0.4 is 11.5 Å². The Bertz CT molecular complexity index is 248. The predicted octanol–water partition coefficient (Wildman–Crippen LogP) is 2.43. The van der Waals surface area contributed by atoms with Crippen molar-refractivity contribution in [3.05, 3.63) is 0 Å². The maximum Gasteiger partial charge on any atom is 0.389 e. The summed E-state index contributed by atoms with van der Waals surface area (Å²) in [6, 6.07) is 0. The Morgan fingerprint density at radius 2 is 1.22 bits per heavy atom. The van der Waals surface area contributed by atoms with Crippen LogP contribution in [0, 0.1) is 0 Å². The van der Waals surface area contributed by atoms with Crippen LogP contribution >= 0.6 is 12.2 Å². The minimum Gasteiger partial charge on any atom is -0.393 e. The van der Waals surface area contributed by atoms with E-state index in [2.05, 4.69) is 18.0 Å². The van der Waals surface area contributed by atoms with Gasteiger partial charge in [-0.3, -0.25) is 4.79 Å². The highest BCUT2D eigenvalue weighted by atomic mass is 32.1. The van der Waals surface area contributed by atoms with E-state index in [1.54, 1.807) is 0 Å². The summed E-state index contributed by atoms with van der Waals surface area (Å²) in [5, 5.41) is 0. The molecule has 0 aliphatic rings. The molecule has 0 rings (SSSR count). The number of hydrogen-bond acceptors (Lipinski definition) is 2. The predicted molar refractivity (Wildman–Crippen MR) is 56.6 cm³/mol. The topological polar surface area (TPSA) is 69.1 Å². The summed E-state index contributed by atoms with van der Waals surface area (Å²) in [5.41, 5.74) is 9.29. The molecule has 4 N–H and O–H groups in total. The Labute approximate surface area is 104 Å². The van der Waals surface area contributed by atoms with E-state index >= 15 is 0 Å². The minimum atomic E-state index is -4.27. The molecule has 0 bridgehead atoms. The number of nitrogens with two attached hydrogens (primary N) is 2. The first kappa shape index (κ1) is 19.3. The van der Waals surface area contributed by atoms with Crippen molar-refractivity contribution in [1.29, 1.82) is 0 Å². The van der Waals surface area contributed by atoms with Crippen LogP contribution in [0.4, 0.5) is 26.3 Å². The third kappa shape index (κ3) is 24.3. The summed E-state index contributed by atoms with van der Waals surface area (Å²) in [4.78, 5) is 9.68. The average molecular weight is 298 g/mol. The molecule has 0 heterocycles. The third-order valence-corrected chi connectivity index (χ3v) is 1.51. The lowest BCUT2D eigenvalue weighted by Gasteiger charge is -2.02. The fourth-order valence-corrected chi connectivity index (χ4v) is 0.632. The van der Waals surface area contributed by atoms with Gasteiger partial charge in [-0.25, -0.2) is 0 Å². The highest BCUT2D eigenvalue weighted by Crippen LogP contribution is 2.21. The van der Waals surface area contributed by atoms with Crippen LogP contribution in [-0.4, -0.2) is 23.2 Å². The molecule has 10 heteroatoms. The smallest absolute Gasteiger partial charge is 0.389 e. The molecule has 18 heavy (non-hydrogen) atoms. The molecule has 0 saturated heterocycles. The van der Waals surface area contributed by atoms with Gasteiger partial charge in [0.1, 0.15) is 0 Å². The molecular formula is C8H12F6N2OS. The molecular weight excluding hydrogens is 286 g/mol. The number of carbonyl (C=O) groups excluding carboxylic acids is 1. The largest absolute Gasteiger partial charge is 0.393 e. The second kappa shape index (κ2) is 8.11. The zero-order valence-electron chi connectivity index (χ0n) is 9.07. The number of carbonyl (C=O) groups is 1. The highest BCUT2D eigenvalue weighted by molar-refractivity contribution is 7.80. The van der Waals surface area contributed by atoms with Gasteiger partial charge in [0.25, 0.3) is 0 Å². The maximum absolute atomic E-state index is 11.3. The van der Waals surface area contributed by atoms with Crippen LogP contribution in [-0.2, 0) is 4.79 Å². The first-order valence-corrected chi connectivity index (χ1v) is 4.94. The lowest BCUT2D eigenvalue weighted by Crippen LogP contribution is -2.16. The van der Waals surface area contributed by atoms with Gasteiger partial charge < -0.3 is 11.5 Å². The van der Waals surface area contributed by atoms with E-state index in [1.165, 1.54) is 0 Å². The Morgan fingerprint density at radius 3 is 1.33 bits per heavy atom. The lowest BCUT2D eigenvalue weighted by molar-refractivity contribution is -0.142. The molecule has 0 aromatic heterocycles. The van der Waals surface area contributed by atoms with Crippen molar-refractivity contribution in [1.82, 2.24) is 0 Å². The number of halogens is 6. The van der Waals surface area contributed by atoms with Crippen molar-refractivity contribution in [3.8, 4) is 0 Å². The van der Waals surface area contributed by atoms with Gasteiger partial charge in [-0.2, -0.15) is 26.3 Å². The van der Waals surface area contributed by atoms with Crippen molar-refractivity contribution in [2.45, 2.75) is 38.0 Å². The summed E-state index contributed by atoms with van der Waals surface area (Å²) < 4.78 is 67.5. The van der Waals surface area contributed by atoms with E-state index in [9.17, 15) is 31.1 Å². The molecule has 0 atom stereocenters. The summed E-state index contributed by atoms with van der Waals surface area (Å²) >= 11 is 4.24. The van der Waals surface area contributed by atoms with Crippen LogP contribution in [0.2, 0.25) is 0 Å². The van der Waals surface area contributed by atoms with Gasteiger partial charge in [-0.05, 0) is 0 Å². The first-order valence-electron chi connectivity index (χ1n) is 4.53. The standard InChI is InChI=1S/C4H6F3NO.C4H6F3NS/c2*5-4(6,7)2-1-3(8)9/h2*1-2H2,(H2,8,9). The summed E-state index contributed by atoms with van der Waals surface area (Å²) in [5.74, 6) is -0.924. The van der Waals surface area contributed by atoms with E-state index in [0.717, 1.165) is 0 Å². The van der Waals surface area contributed by atoms with E-state index in [0.29, 0.717) is 0 Å². The van der Waals surface area contributed by atoms with Gasteiger partial charge in [0.05, 0.1) is 11.4 Å². The van der Waals surface area contributed by atoms with E-state index in [1.807, 2.05) is 0 Å². The van der Waals surface area contributed by atoms with E-state index in [4.69, 9.17) is 5.73 Å². The molecule has 1 amide bonds. The summed E-state index contributed by atoms with van der Waals surface area (Å²) in [6.45, 7) is 0. The number of thiocarbonyl (C=S) groups is 1. The summed E-state index contributed by atoms with van der Waals surface area (Å²) in [7, 11) is 0.